The largest absolute Gasteiger partial charge is 0.456 e. The average Bonchev–Trinajstić information content (AvgIpc) is 2.01. The second-order valence-electron chi connectivity index (χ2n) is 2.56. The minimum Gasteiger partial charge on any atom is -0.244 e. The highest BCUT2D eigenvalue weighted by Crippen LogP contribution is 2.41. The van der Waals surface area contributed by atoms with E-state index in [1.165, 1.54) is 0 Å². The number of alkyl halides is 7. The van der Waals surface area contributed by atoms with Gasteiger partial charge in [0.2, 0.25) is 6.17 Å². The van der Waals surface area contributed by atoms with Gasteiger partial charge in [0.25, 0.3) is 0 Å². The Morgan fingerprint density at radius 2 is 1.50 bits per heavy atom. The van der Waals surface area contributed by atoms with Crippen LogP contribution in [0.15, 0.2) is 12.7 Å². The zero-order valence-electron chi connectivity index (χ0n) is 6.79. The van der Waals surface area contributed by atoms with Gasteiger partial charge >= 0.3 is 12.1 Å². The molecule has 0 aromatic heterocycles. The van der Waals surface area contributed by atoms with E-state index in [1.54, 1.807) is 0 Å². The van der Waals surface area contributed by atoms with Gasteiger partial charge in [0.15, 0.2) is 0 Å². The molecule has 14 heavy (non-hydrogen) atoms. The predicted molar refractivity (Wildman–Crippen MR) is 35.6 cm³/mol. The second kappa shape index (κ2) is 4.18. The minimum absolute atomic E-state index is 0.726. The van der Waals surface area contributed by atoms with Crippen LogP contribution >= 0.6 is 0 Å². The van der Waals surface area contributed by atoms with Crippen molar-refractivity contribution in [2.24, 2.45) is 0 Å². The fraction of sp³-hybridized carbons (Fsp3) is 0.714. The Bertz CT molecular complexity index is 195. The van der Waals surface area contributed by atoms with Gasteiger partial charge in [-0.05, 0) is 6.42 Å². The van der Waals surface area contributed by atoms with E-state index in [9.17, 15) is 30.7 Å². The molecule has 84 valence electrons. The molecule has 0 bridgehead atoms. The fourth-order valence-electron chi connectivity index (χ4n) is 0.662. The van der Waals surface area contributed by atoms with Crippen LogP contribution in [0.1, 0.15) is 6.42 Å². The Morgan fingerprint density at radius 1 is 1.07 bits per heavy atom. The van der Waals surface area contributed by atoms with Crippen LogP contribution in [-0.2, 0) is 0 Å². The third-order valence-electron chi connectivity index (χ3n) is 1.43. The first-order valence-electron chi connectivity index (χ1n) is 3.48. The van der Waals surface area contributed by atoms with Gasteiger partial charge < -0.3 is 0 Å². The topological polar surface area (TPSA) is 0 Å². The molecule has 0 spiro atoms. The first kappa shape index (κ1) is 13.2. The van der Waals surface area contributed by atoms with Crippen molar-refractivity contribution >= 4 is 0 Å². The molecule has 7 heteroatoms. The van der Waals surface area contributed by atoms with Crippen molar-refractivity contribution < 1.29 is 30.7 Å². The molecule has 0 heterocycles. The lowest BCUT2D eigenvalue weighted by Gasteiger charge is -2.24. The van der Waals surface area contributed by atoms with E-state index in [0.717, 1.165) is 6.08 Å². The van der Waals surface area contributed by atoms with Crippen LogP contribution in [0, 0.1) is 0 Å². The highest BCUT2D eigenvalue weighted by atomic mass is 19.4. The zero-order chi connectivity index (χ0) is 11.6. The van der Waals surface area contributed by atoms with Crippen molar-refractivity contribution in [2.75, 3.05) is 0 Å². The summed E-state index contributed by atoms with van der Waals surface area (Å²) in [6.45, 7) is 2.89. The Morgan fingerprint density at radius 3 is 1.79 bits per heavy atom. The summed E-state index contributed by atoms with van der Waals surface area (Å²) in [5.41, 5.74) is 0. The van der Waals surface area contributed by atoms with Crippen LogP contribution in [0.3, 0.4) is 0 Å². The van der Waals surface area contributed by atoms with Crippen molar-refractivity contribution in [3.8, 4) is 0 Å². The molecule has 0 radical (unpaired) electrons. The van der Waals surface area contributed by atoms with E-state index in [2.05, 4.69) is 6.58 Å². The SMILES string of the molecule is C=CCC(F)C(F)C(F)(F)C(F)(F)F. The maximum atomic E-state index is 12.4. The first-order chi connectivity index (χ1) is 6.14. The van der Waals surface area contributed by atoms with Gasteiger partial charge in [-0.15, -0.1) is 6.58 Å². The first-order valence-corrected chi connectivity index (χ1v) is 3.48. The summed E-state index contributed by atoms with van der Waals surface area (Å²) >= 11 is 0. The summed E-state index contributed by atoms with van der Waals surface area (Å²) in [5.74, 6) is -5.67. The summed E-state index contributed by atoms with van der Waals surface area (Å²) in [6, 6.07) is 0. The third kappa shape index (κ3) is 2.62. The quantitative estimate of drug-likeness (QED) is 0.506. The van der Waals surface area contributed by atoms with Crippen molar-refractivity contribution in [2.45, 2.75) is 30.9 Å². The number of hydrogen-bond donors (Lipinski definition) is 0. The predicted octanol–water partition coefficient (Wildman–Crippen LogP) is 3.44. The highest BCUT2D eigenvalue weighted by Gasteiger charge is 2.65. The zero-order valence-corrected chi connectivity index (χ0v) is 6.79. The van der Waals surface area contributed by atoms with E-state index < -0.39 is 30.9 Å². The number of hydrogen-bond acceptors (Lipinski definition) is 0. The molecule has 0 amide bonds. The van der Waals surface area contributed by atoms with E-state index in [1.807, 2.05) is 0 Å². The molecule has 0 N–H and O–H groups in total. The van der Waals surface area contributed by atoms with Crippen LogP contribution in [0.25, 0.3) is 0 Å². The Kier molecular flexibility index (Phi) is 3.96. The number of allylic oxidation sites excluding steroid dienone is 1. The molecule has 0 aliphatic carbocycles. The minimum atomic E-state index is -6.09. The van der Waals surface area contributed by atoms with Crippen molar-refractivity contribution in [3.63, 3.8) is 0 Å². The average molecular weight is 224 g/mol. The molecule has 0 rings (SSSR count). The van der Waals surface area contributed by atoms with E-state index in [-0.39, 0.29) is 0 Å². The molecule has 0 aromatic carbocycles. The van der Waals surface area contributed by atoms with Gasteiger partial charge in [-0.25, -0.2) is 8.78 Å². The molecule has 0 saturated heterocycles. The standard InChI is InChI=1S/C7H7F7/c1-2-3-4(8)5(9)6(10,11)7(12,13)14/h2,4-5H,1,3H2. The van der Waals surface area contributed by atoms with Gasteiger partial charge in [0, 0.05) is 0 Å². The van der Waals surface area contributed by atoms with E-state index >= 15 is 0 Å². The molecule has 0 fully saturated rings. The van der Waals surface area contributed by atoms with Crippen LogP contribution in [0.2, 0.25) is 0 Å². The lowest BCUT2D eigenvalue weighted by atomic mass is 10.1. The molecule has 0 aromatic rings. The fourth-order valence-corrected chi connectivity index (χ4v) is 0.662. The lowest BCUT2D eigenvalue weighted by molar-refractivity contribution is -0.309. The normalized spacial score (nSPS) is 17.6. The number of rotatable bonds is 4. The Labute approximate surface area is 75.4 Å². The summed E-state index contributed by atoms with van der Waals surface area (Å²) in [6.07, 6.45) is -13.1. The highest BCUT2D eigenvalue weighted by molar-refractivity contribution is 4.91. The van der Waals surface area contributed by atoms with E-state index in [0.29, 0.717) is 0 Å². The summed E-state index contributed by atoms with van der Waals surface area (Å²) in [4.78, 5) is 0. The molecule has 0 saturated carbocycles. The van der Waals surface area contributed by atoms with Gasteiger partial charge in [-0.2, -0.15) is 22.0 Å². The molecule has 2 unspecified atom stereocenters. The third-order valence-corrected chi connectivity index (χ3v) is 1.43. The molecule has 0 aliphatic rings. The molecular formula is C7H7F7. The Hall–Kier alpha value is -0.750. The van der Waals surface area contributed by atoms with Gasteiger partial charge in [0.05, 0.1) is 0 Å². The smallest absolute Gasteiger partial charge is 0.244 e. The van der Waals surface area contributed by atoms with E-state index in [4.69, 9.17) is 0 Å². The molecule has 0 nitrogen and oxygen atoms in total. The van der Waals surface area contributed by atoms with Crippen LogP contribution in [0.4, 0.5) is 30.7 Å². The van der Waals surface area contributed by atoms with Crippen molar-refractivity contribution in [1.82, 2.24) is 0 Å². The van der Waals surface area contributed by atoms with Crippen molar-refractivity contribution in [1.29, 1.82) is 0 Å². The Balaban J connectivity index is 4.65. The maximum Gasteiger partial charge on any atom is 0.456 e. The monoisotopic (exact) mass is 224 g/mol. The summed E-state index contributed by atoms with van der Waals surface area (Å²) in [5, 5.41) is 0. The lowest BCUT2D eigenvalue weighted by Crippen LogP contribution is -2.48. The maximum absolute atomic E-state index is 12.4. The van der Waals surface area contributed by atoms with Crippen LogP contribution in [0.5, 0.6) is 0 Å². The van der Waals surface area contributed by atoms with Crippen LogP contribution < -0.4 is 0 Å². The van der Waals surface area contributed by atoms with Crippen LogP contribution in [-0.4, -0.2) is 24.4 Å². The number of halogens is 7. The van der Waals surface area contributed by atoms with Gasteiger partial charge in [-0.3, -0.25) is 0 Å². The molecular weight excluding hydrogens is 217 g/mol. The van der Waals surface area contributed by atoms with Gasteiger partial charge in [-0.1, -0.05) is 6.08 Å². The summed E-state index contributed by atoms with van der Waals surface area (Å²) < 4.78 is 83.5. The molecule has 2 atom stereocenters. The van der Waals surface area contributed by atoms with Crippen molar-refractivity contribution in [3.05, 3.63) is 12.7 Å². The van der Waals surface area contributed by atoms with Gasteiger partial charge in [0.1, 0.15) is 6.17 Å². The molecule has 0 aliphatic heterocycles. The summed E-state index contributed by atoms with van der Waals surface area (Å²) in [7, 11) is 0. The second-order valence-corrected chi connectivity index (χ2v) is 2.56.